The predicted octanol–water partition coefficient (Wildman–Crippen LogP) is 2.62. The largest absolute Gasteiger partial charge is 0.345 e. The Morgan fingerprint density at radius 1 is 1.38 bits per heavy atom. The number of aryl methyl sites for hydroxylation is 1. The standard InChI is InChI=1S/C14H12BrN5O/c1-19-9-10(15)7-12(19)14(21)18-11-3-4-13(16-8-11)20-6-2-5-17-20/h2-9H,1H3,(H,18,21). The van der Waals surface area contributed by atoms with Gasteiger partial charge in [-0.3, -0.25) is 4.79 Å². The first-order valence-electron chi connectivity index (χ1n) is 6.23. The molecule has 0 aliphatic carbocycles. The first-order valence-corrected chi connectivity index (χ1v) is 7.02. The third-order valence-electron chi connectivity index (χ3n) is 2.95. The number of pyridine rings is 1. The van der Waals surface area contributed by atoms with Gasteiger partial charge in [-0.15, -0.1) is 0 Å². The molecular formula is C14H12BrN5O. The number of amides is 1. The van der Waals surface area contributed by atoms with Crippen LogP contribution in [0.4, 0.5) is 5.69 Å². The van der Waals surface area contributed by atoms with Gasteiger partial charge in [0.15, 0.2) is 5.82 Å². The summed E-state index contributed by atoms with van der Waals surface area (Å²) in [4.78, 5) is 16.4. The summed E-state index contributed by atoms with van der Waals surface area (Å²) in [5.41, 5.74) is 1.20. The number of rotatable bonds is 3. The zero-order valence-corrected chi connectivity index (χ0v) is 12.8. The van der Waals surface area contributed by atoms with Crippen LogP contribution in [-0.4, -0.2) is 25.2 Å². The van der Waals surface area contributed by atoms with Gasteiger partial charge < -0.3 is 9.88 Å². The Bertz CT molecular complexity index is 761. The summed E-state index contributed by atoms with van der Waals surface area (Å²) >= 11 is 3.35. The van der Waals surface area contributed by atoms with Crippen molar-refractivity contribution in [3.8, 4) is 5.82 Å². The van der Waals surface area contributed by atoms with Crippen molar-refractivity contribution in [2.75, 3.05) is 5.32 Å². The molecule has 0 aliphatic rings. The summed E-state index contributed by atoms with van der Waals surface area (Å²) in [6.45, 7) is 0. The van der Waals surface area contributed by atoms with E-state index in [1.54, 1.807) is 39.8 Å². The van der Waals surface area contributed by atoms with Crippen molar-refractivity contribution in [3.05, 3.63) is 59.2 Å². The van der Waals surface area contributed by atoms with Gasteiger partial charge in [-0.05, 0) is 40.2 Å². The maximum atomic E-state index is 12.2. The summed E-state index contributed by atoms with van der Waals surface area (Å²) < 4.78 is 4.27. The monoisotopic (exact) mass is 345 g/mol. The van der Waals surface area contributed by atoms with E-state index in [9.17, 15) is 4.79 Å². The van der Waals surface area contributed by atoms with E-state index in [0.29, 0.717) is 17.2 Å². The Labute approximate surface area is 129 Å². The number of aromatic nitrogens is 4. The smallest absolute Gasteiger partial charge is 0.272 e. The number of anilines is 1. The van der Waals surface area contributed by atoms with E-state index in [0.717, 1.165) is 4.47 Å². The fraction of sp³-hybridized carbons (Fsp3) is 0.0714. The highest BCUT2D eigenvalue weighted by atomic mass is 79.9. The Kier molecular flexibility index (Phi) is 3.57. The topological polar surface area (TPSA) is 64.7 Å². The van der Waals surface area contributed by atoms with Crippen LogP contribution in [0.3, 0.4) is 0 Å². The number of nitrogens with zero attached hydrogens (tertiary/aromatic N) is 4. The Balaban J connectivity index is 1.76. The molecule has 0 spiro atoms. The molecule has 0 fully saturated rings. The molecule has 0 saturated carbocycles. The van der Waals surface area contributed by atoms with E-state index >= 15 is 0 Å². The maximum Gasteiger partial charge on any atom is 0.272 e. The highest BCUT2D eigenvalue weighted by Gasteiger charge is 2.11. The van der Waals surface area contributed by atoms with Crippen molar-refractivity contribution in [1.82, 2.24) is 19.3 Å². The molecule has 0 radical (unpaired) electrons. The van der Waals surface area contributed by atoms with Crippen LogP contribution in [-0.2, 0) is 7.05 Å². The van der Waals surface area contributed by atoms with E-state index < -0.39 is 0 Å². The van der Waals surface area contributed by atoms with Gasteiger partial charge >= 0.3 is 0 Å². The minimum absolute atomic E-state index is 0.183. The van der Waals surface area contributed by atoms with Crippen molar-refractivity contribution in [2.24, 2.45) is 7.05 Å². The molecule has 3 rings (SSSR count). The SMILES string of the molecule is Cn1cc(Br)cc1C(=O)Nc1ccc(-n2cccn2)nc1. The summed E-state index contributed by atoms with van der Waals surface area (Å²) in [5, 5.41) is 6.91. The van der Waals surface area contributed by atoms with Gasteiger partial charge in [0.2, 0.25) is 0 Å². The molecule has 0 aromatic carbocycles. The maximum absolute atomic E-state index is 12.2. The predicted molar refractivity (Wildman–Crippen MR) is 82.4 cm³/mol. The molecule has 6 nitrogen and oxygen atoms in total. The number of hydrogen-bond acceptors (Lipinski definition) is 3. The minimum atomic E-state index is -0.183. The van der Waals surface area contributed by atoms with Gasteiger partial charge in [0.1, 0.15) is 5.69 Å². The van der Waals surface area contributed by atoms with Crippen LogP contribution >= 0.6 is 15.9 Å². The molecule has 1 N–H and O–H groups in total. The third-order valence-corrected chi connectivity index (χ3v) is 3.38. The third kappa shape index (κ3) is 2.87. The lowest BCUT2D eigenvalue weighted by atomic mass is 10.3. The number of nitrogens with one attached hydrogen (secondary N) is 1. The summed E-state index contributed by atoms with van der Waals surface area (Å²) in [5.74, 6) is 0.511. The number of hydrogen-bond donors (Lipinski definition) is 1. The number of carbonyl (C=O) groups is 1. The molecule has 0 unspecified atom stereocenters. The van der Waals surface area contributed by atoms with Crippen molar-refractivity contribution in [3.63, 3.8) is 0 Å². The molecule has 1 amide bonds. The summed E-state index contributed by atoms with van der Waals surface area (Å²) in [6, 6.07) is 7.18. The molecule has 0 atom stereocenters. The lowest BCUT2D eigenvalue weighted by molar-refractivity contribution is 0.101. The highest BCUT2D eigenvalue weighted by Crippen LogP contribution is 2.16. The first-order chi connectivity index (χ1) is 10.1. The summed E-state index contributed by atoms with van der Waals surface area (Å²) in [7, 11) is 1.82. The van der Waals surface area contributed by atoms with E-state index in [2.05, 4.69) is 31.3 Å². The Hall–Kier alpha value is -2.41. The molecule has 3 aromatic heterocycles. The van der Waals surface area contributed by atoms with Gasteiger partial charge in [0, 0.05) is 30.1 Å². The van der Waals surface area contributed by atoms with Gasteiger partial charge in [0.05, 0.1) is 11.9 Å². The van der Waals surface area contributed by atoms with Crippen molar-refractivity contribution < 1.29 is 4.79 Å². The van der Waals surface area contributed by atoms with E-state index in [1.165, 1.54) is 0 Å². The van der Waals surface area contributed by atoms with Crippen LogP contribution < -0.4 is 5.32 Å². The average molecular weight is 346 g/mol. The molecule has 21 heavy (non-hydrogen) atoms. The van der Waals surface area contributed by atoms with E-state index in [1.807, 2.05) is 25.5 Å². The van der Waals surface area contributed by atoms with Gasteiger partial charge in [-0.25, -0.2) is 9.67 Å². The van der Waals surface area contributed by atoms with Crippen LogP contribution in [0, 0.1) is 0 Å². The fourth-order valence-corrected chi connectivity index (χ4v) is 2.47. The Morgan fingerprint density at radius 3 is 2.81 bits per heavy atom. The van der Waals surface area contributed by atoms with Crippen LogP contribution in [0.1, 0.15) is 10.5 Å². The zero-order chi connectivity index (χ0) is 14.8. The minimum Gasteiger partial charge on any atom is -0.345 e. The first kappa shape index (κ1) is 13.6. The Morgan fingerprint density at radius 2 is 2.24 bits per heavy atom. The van der Waals surface area contributed by atoms with Gasteiger partial charge in [0.25, 0.3) is 5.91 Å². The van der Waals surface area contributed by atoms with Crippen molar-refractivity contribution >= 4 is 27.5 Å². The second-order valence-electron chi connectivity index (χ2n) is 4.46. The average Bonchev–Trinajstić information content (AvgIpc) is 3.09. The second-order valence-corrected chi connectivity index (χ2v) is 5.38. The van der Waals surface area contributed by atoms with Crippen molar-refractivity contribution in [1.29, 1.82) is 0 Å². The van der Waals surface area contributed by atoms with Crippen LogP contribution in [0.25, 0.3) is 5.82 Å². The van der Waals surface area contributed by atoms with Crippen molar-refractivity contribution in [2.45, 2.75) is 0 Å². The van der Waals surface area contributed by atoms with E-state index in [-0.39, 0.29) is 5.91 Å². The molecule has 3 aromatic rings. The quantitative estimate of drug-likeness (QED) is 0.793. The molecule has 7 heteroatoms. The lowest BCUT2D eigenvalue weighted by Crippen LogP contribution is -2.15. The summed E-state index contributed by atoms with van der Waals surface area (Å²) in [6.07, 6.45) is 6.92. The molecular weight excluding hydrogens is 334 g/mol. The molecule has 106 valence electrons. The lowest BCUT2D eigenvalue weighted by Gasteiger charge is -2.06. The van der Waals surface area contributed by atoms with Crippen LogP contribution in [0.15, 0.2) is 53.5 Å². The fourth-order valence-electron chi connectivity index (χ4n) is 1.94. The van der Waals surface area contributed by atoms with Crippen LogP contribution in [0.5, 0.6) is 0 Å². The van der Waals surface area contributed by atoms with Crippen LogP contribution in [0.2, 0.25) is 0 Å². The second kappa shape index (κ2) is 5.53. The van der Waals surface area contributed by atoms with E-state index in [4.69, 9.17) is 0 Å². The molecule has 0 aliphatic heterocycles. The van der Waals surface area contributed by atoms with Gasteiger partial charge in [-0.1, -0.05) is 0 Å². The number of carbonyl (C=O) groups excluding carboxylic acids is 1. The molecule has 0 saturated heterocycles. The highest BCUT2D eigenvalue weighted by molar-refractivity contribution is 9.10. The normalized spacial score (nSPS) is 10.6. The number of halogens is 1. The molecule has 3 heterocycles. The zero-order valence-electron chi connectivity index (χ0n) is 11.2. The molecule has 0 bridgehead atoms. The van der Waals surface area contributed by atoms with Gasteiger partial charge in [-0.2, -0.15) is 5.10 Å².